The third-order valence-corrected chi connectivity index (χ3v) is 3.51. The highest BCUT2D eigenvalue weighted by atomic mass is 16.5. The number of hydrogen-bond acceptors (Lipinski definition) is 2. The van der Waals surface area contributed by atoms with Gasteiger partial charge in [-0.15, -0.1) is 0 Å². The van der Waals surface area contributed by atoms with Crippen molar-refractivity contribution in [1.29, 1.82) is 0 Å². The molecule has 0 rings (SSSR count). The van der Waals surface area contributed by atoms with E-state index in [1.54, 1.807) is 6.08 Å². The van der Waals surface area contributed by atoms with E-state index in [1.807, 2.05) is 13.0 Å². The van der Waals surface area contributed by atoms with Gasteiger partial charge in [-0.1, -0.05) is 77.2 Å². The Morgan fingerprint density at radius 3 is 1.80 bits per heavy atom. The van der Waals surface area contributed by atoms with E-state index in [2.05, 4.69) is 6.92 Å². The lowest BCUT2D eigenvalue weighted by molar-refractivity contribution is -0.137. The van der Waals surface area contributed by atoms with Crippen LogP contribution in [-0.4, -0.2) is 12.6 Å². The van der Waals surface area contributed by atoms with Gasteiger partial charge >= 0.3 is 5.97 Å². The number of ether oxygens (including phenoxy) is 1. The van der Waals surface area contributed by atoms with Crippen LogP contribution < -0.4 is 0 Å². The van der Waals surface area contributed by atoms with Crippen LogP contribution in [0.5, 0.6) is 0 Å². The molecule has 0 unspecified atom stereocenters. The molecule has 0 N–H and O–H groups in total. The summed E-state index contributed by atoms with van der Waals surface area (Å²) >= 11 is 0. The Morgan fingerprint density at radius 1 is 0.800 bits per heavy atom. The Hall–Kier alpha value is -0.790. The highest BCUT2D eigenvalue weighted by Gasteiger charge is 1.94. The second kappa shape index (κ2) is 16.3. The molecular formula is C18H34O2. The van der Waals surface area contributed by atoms with Crippen LogP contribution >= 0.6 is 0 Å². The summed E-state index contributed by atoms with van der Waals surface area (Å²) in [6, 6.07) is 0. The van der Waals surface area contributed by atoms with E-state index < -0.39 is 0 Å². The number of carbonyl (C=O) groups excluding carboxylic acids is 1. The molecule has 0 aliphatic carbocycles. The van der Waals surface area contributed by atoms with E-state index in [1.165, 1.54) is 70.6 Å². The third kappa shape index (κ3) is 15.3. The van der Waals surface area contributed by atoms with Gasteiger partial charge in [-0.2, -0.15) is 0 Å². The molecule has 0 radical (unpaired) electrons. The smallest absolute Gasteiger partial charge is 0.330 e. The fourth-order valence-corrected chi connectivity index (χ4v) is 2.30. The molecule has 0 aliphatic rings. The normalized spacial score (nSPS) is 11.1. The summed E-state index contributed by atoms with van der Waals surface area (Å²) in [6.45, 7) is 4.55. The fraction of sp³-hybridized carbons (Fsp3) is 0.833. The maximum absolute atomic E-state index is 11.0. The molecule has 0 aromatic carbocycles. The molecule has 20 heavy (non-hydrogen) atoms. The lowest BCUT2D eigenvalue weighted by Crippen LogP contribution is -1.98. The number of rotatable bonds is 14. The van der Waals surface area contributed by atoms with Gasteiger partial charge in [0.25, 0.3) is 0 Å². The number of esters is 1. The van der Waals surface area contributed by atoms with E-state index in [9.17, 15) is 4.79 Å². The predicted octanol–water partition coefficient (Wildman–Crippen LogP) is 5.81. The molecule has 2 nitrogen and oxygen atoms in total. The van der Waals surface area contributed by atoms with Crippen molar-refractivity contribution in [2.75, 3.05) is 6.61 Å². The minimum atomic E-state index is -0.212. The monoisotopic (exact) mass is 282 g/mol. The zero-order valence-corrected chi connectivity index (χ0v) is 13.7. The average Bonchev–Trinajstić information content (AvgIpc) is 2.44. The van der Waals surface area contributed by atoms with Crippen molar-refractivity contribution in [3.63, 3.8) is 0 Å². The zero-order valence-electron chi connectivity index (χ0n) is 13.7. The molecule has 0 atom stereocenters. The number of carbonyl (C=O) groups is 1. The van der Waals surface area contributed by atoms with Crippen molar-refractivity contribution >= 4 is 5.97 Å². The first-order valence-corrected chi connectivity index (χ1v) is 8.64. The van der Waals surface area contributed by atoms with Crippen LogP contribution in [0.4, 0.5) is 0 Å². The number of allylic oxidation sites excluding steroid dienone is 1. The second-order valence-corrected chi connectivity index (χ2v) is 5.48. The van der Waals surface area contributed by atoms with Crippen molar-refractivity contribution in [3.8, 4) is 0 Å². The molecule has 0 saturated heterocycles. The van der Waals surface area contributed by atoms with E-state index in [-0.39, 0.29) is 5.97 Å². The summed E-state index contributed by atoms with van der Waals surface area (Å²) in [4.78, 5) is 11.0. The summed E-state index contributed by atoms with van der Waals surface area (Å²) in [5.74, 6) is -0.212. The highest BCUT2D eigenvalue weighted by Crippen LogP contribution is 2.11. The molecular weight excluding hydrogens is 248 g/mol. The molecule has 0 saturated carbocycles. The molecule has 0 heterocycles. The van der Waals surface area contributed by atoms with E-state index in [0.717, 1.165) is 6.42 Å². The van der Waals surface area contributed by atoms with Crippen molar-refractivity contribution in [1.82, 2.24) is 0 Å². The molecule has 0 spiro atoms. The van der Waals surface area contributed by atoms with Crippen LogP contribution in [0.15, 0.2) is 12.2 Å². The minimum absolute atomic E-state index is 0.212. The highest BCUT2D eigenvalue weighted by molar-refractivity contribution is 5.81. The third-order valence-electron chi connectivity index (χ3n) is 3.51. The molecule has 0 aliphatic heterocycles. The molecule has 0 fully saturated rings. The molecule has 0 aromatic heterocycles. The lowest BCUT2D eigenvalue weighted by Gasteiger charge is -2.01. The van der Waals surface area contributed by atoms with Gasteiger partial charge in [0.2, 0.25) is 0 Å². The molecule has 118 valence electrons. The minimum Gasteiger partial charge on any atom is -0.463 e. The maximum atomic E-state index is 11.0. The Kier molecular flexibility index (Phi) is 15.6. The molecule has 0 aromatic rings. The Balaban J connectivity index is 3.11. The van der Waals surface area contributed by atoms with E-state index in [4.69, 9.17) is 4.74 Å². The number of hydrogen-bond donors (Lipinski definition) is 0. The van der Waals surface area contributed by atoms with Gasteiger partial charge in [-0.05, 0) is 19.8 Å². The van der Waals surface area contributed by atoms with Crippen LogP contribution in [-0.2, 0) is 9.53 Å². The summed E-state index contributed by atoms with van der Waals surface area (Å²) in [6.07, 6.45) is 19.5. The predicted molar refractivity (Wildman–Crippen MR) is 86.9 cm³/mol. The second-order valence-electron chi connectivity index (χ2n) is 5.48. The van der Waals surface area contributed by atoms with E-state index in [0.29, 0.717) is 6.61 Å². The SMILES string of the molecule is CCCCCCCCCCCCC/C=C/C(=O)OCC. The first-order chi connectivity index (χ1) is 9.81. The van der Waals surface area contributed by atoms with Crippen molar-refractivity contribution < 1.29 is 9.53 Å². The van der Waals surface area contributed by atoms with Gasteiger partial charge in [-0.3, -0.25) is 0 Å². The largest absolute Gasteiger partial charge is 0.463 e. The topological polar surface area (TPSA) is 26.3 Å². The quantitative estimate of drug-likeness (QED) is 0.228. The van der Waals surface area contributed by atoms with Crippen molar-refractivity contribution in [2.24, 2.45) is 0 Å². The summed E-state index contributed by atoms with van der Waals surface area (Å²) in [5, 5.41) is 0. The van der Waals surface area contributed by atoms with Crippen LogP contribution in [0, 0.1) is 0 Å². The summed E-state index contributed by atoms with van der Waals surface area (Å²) < 4.78 is 4.82. The summed E-state index contributed by atoms with van der Waals surface area (Å²) in [7, 11) is 0. The van der Waals surface area contributed by atoms with Gasteiger partial charge in [0, 0.05) is 6.08 Å². The first kappa shape index (κ1) is 19.2. The molecule has 2 heteroatoms. The van der Waals surface area contributed by atoms with Crippen LogP contribution in [0.2, 0.25) is 0 Å². The molecule has 0 bridgehead atoms. The maximum Gasteiger partial charge on any atom is 0.330 e. The lowest BCUT2D eigenvalue weighted by atomic mass is 10.1. The van der Waals surface area contributed by atoms with Crippen LogP contribution in [0.3, 0.4) is 0 Å². The van der Waals surface area contributed by atoms with E-state index >= 15 is 0 Å². The zero-order chi connectivity index (χ0) is 14.9. The van der Waals surface area contributed by atoms with Gasteiger partial charge in [0.1, 0.15) is 0 Å². The van der Waals surface area contributed by atoms with Crippen LogP contribution in [0.1, 0.15) is 90.9 Å². The average molecular weight is 282 g/mol. The van der Waals surface area contributed by atoms with Gasteiger partial charge < -0.3 is 4.74 Å². The van der Waals surface area contributed by atoms with Crippen LogP contribution in [0.25, 0.3) is 0 Å². The summed E-state index contributed by atoms with van der Waals surface area (Å²) in [5.41, 5.74) is 0. The van der Waals surface area contributed by atoms with Gasteiger partial charge in [-0.25, -0.2) is 4.79 Å². The van der Waals surface area contributed by atoms with Crippen molar-refractivity contribution in [3.05, 3.63) is 12.2 Å². The Labute approximate surface area is 126 Å². The Bertz CT molecular complexity index is 234. The van der Waals surface area contributed by atoms with Gasteiger partial charge in [0.15, 0.2) is 0 Å². The number of unbranched alkanes of at least 4 members (excludes halogenated alkanes) is 11. The molecule has 0 amide bonds. The standard InChI is InChI=1S/C18H34O2/c1-3-5-6-7-8-9-10-11-12-13-14-15-16-17-18(19)20-4-2/h16-17H,3-15H2,1-2H3/b17-16+. The van der Waals surface area contributed by atoms with Crippen molar-refractivity contribution in [2.45, 2.75) is 90.9 Å². The first-order valence-electron chi connectivity index (χ1n) is 8.64. The fourth-order valence-electron chi connectivity index (χ4n) is 2.30. The Morgan fingerprint density at radius 2 is 1.30 bits per heavy atom. The van der Waals surface area contributed by atoms with Gasteiger partial charge in [0.05, 0.1) is 6.61 Å².